The van der Waals surface area contributed by atoms with Gasteiger partial charge in [-0.3, -0.25) is 14.5 Å². The number of ether oxygens (including phenoxy) is 2. The highest BCUT2D eigenvalue weighted by Gasteiger charge is 2.50. The Kier molecular flexibility index (Phi) is 11.4. The van der Waals surface area contributed by atoms with Gasteiger partial charge in [-0.15, -0.1) is 0 Å². The maximum Gasteiger partial charge on any atom is 0.303 e. The molecule has 1 aliphatic carbocycles. The number of fused-ring (bicyclic) bond motifs is 2. The molecule has 3 fully saturated rings. The molecule has 5 atom stereocenters. The highest BCUT2D eigenvalue weighted by Crippen LogP contribution is 2.53. The third-order valence-corrected chi connectivity index (χ3v) is 10.9. The molecule has 2 saturated heterocycles. The van der Waals surface area contributed by atoms with Crippen molar-refractivity contribution in [2.45, 2.75) is 116 Å². The first-order valence-electron chi connectivity index (χ1n) is 18.4. The molecule has 0 aromatic heterocycles. The van der Waals surface area contributed by atoms with E-state index >= 15 is 0 Å². The van der Waals surface area contributed by atoms with Crippen LogP contribution in [0, 0.1) is 10.8 Å². The molecule has 268 valence electrons. The molecule has 2 aliphatic heterocycles. The molecule has 0 radical (unpaired) electrons. The van der Waals surface area contributed by atoms with E-state index in [2.05, 4.69) is 73.5 Å². The molecule has 50 heavy (non-hydrogen) atoms. The Hall–Kier alpha value is -3.56. The molecule has 0 spiro atoms. The first-order valence-corrected chi connectivity index (χ1v) is 18.4. The topological polar surface area (TPSA) is 108 Å². The number of unbranched alkanes of at least 4 members (excludes halogenated alkanes) is 2. The van der Waals surface area contributed by atoms with Crippen LogP contribution in [0.1, 0.15) is 113 Å². The van der Waals surface area contributed by atoms with E-state index in [1.807, 2.05) is 30.3 Å². The normalized spacial score (nSPS) is 26.1. The number of hydrogen-bond acceptors (Lipinski definition) is 6. The van der Waals surface area contributed by atoms with E-state index in [4.69, 9.17) is 14.6 Å². The second kappa shape index (κ2) is 15.8. The zero-order chi connectivity index (χ0) is 35.3. The lowest BCUT2D eigenvalue weighted by Gasteiger charge is -2.41. The van der Waals surface area contributed by atoms with E-state index in [9.17, 15) is 14.7 Å². The molecule has 3 aromatic carbocycles. The maximum atomic E-state index is 12.5. The Morgan fingerprint density at radius 1 is 0.880 bits per heavy atom. The van der Waals surface area contributed by atoms with Gasteiger partial charge in [-0.2, -0.15) is 0 Å². The van der Waals surface area contributed by atoms with Crippen LogP contribution in [0.2, 0.25) is 0 Å². The quantitative estimate of drug-likeness (QED) is 0.148. The second-order valence-corrected chi connectivity index (χ2v) is 16.0. The van der Waals surface area contributed by atoms with Gasteiger partial charge in [0.25, 0.3) is 0 Å². The van der Waals surface area contributed by atoms with Crippen LogP contribution in [0.5, 0.6) is 0 Å². The van der Waals surface area contributed by atoms with Crippen LogP contribution < -0.4 is 5.32 Å². The van der Waals surface area contributed by atoms with E-state index in [1.165, 1.54) is 19.3 Å². The van der Waals surface area contributed by atoms with Gasteiger partial charge in [0.15, 0.2) is 6.29 Å². The summed E-state index contributed by atoms with van der Waals surface area (Å²) in [5, 5.41) is 21.5. The molecule has 8 heteroatoms. The SMILES string of the molecule is CC1(C)CC2CC(C)(CN2C[C@H]2C[C@@H](c3ccc(CO)cc3)O[C@@H](c3ccc(-c4ccccc4CNC(=O)CCCCCC(=O)O)cc3)O2)C1. The second-order valence-electron chi connectivity index (χ2n) is 16.0. The predicted octanol–water partition coefficient (Wildman–Crippen LogP) is 7.94. The summed E-state index contributed by atoms with van der Waals surface area (Å²) in [4.78, 5) is 25.9. The fourth-order valence-corrected chi connectivity index (χ4v) is 8.88. The summed E-state index contributed by atoms with van der Waals surface area (Å²) >= 11 is 0. The Labute approximate surface area is 297 Å². The lowest BCUT2D eigenvalue weighted by atomic mass is 9.65. The lowest BCUT2D eigenvalue weighted by molar-refractivity contribution is -0.253. The average molecular weight is 683 g/mol. The number of nitrogens with one attached hydrogen (secondary N) is 1. The van der Waals surface area contributed by atoms with Crippen LogP contribution in [0.15, 0.2) is 72.8 Å². The minimum atomic E-state index is -0.797. The van der Waals surface area contributed by atoms with Gasteiger partial charge in [0, 0.05) is 50.5 Å². The molecular formula is C42H54N2O6. The molecule has 1 amide bonds. The van der Waals surface area contributed by atoms with Crippen molar-refractivity contribution in [3.8, 4) is 11.1 Å². The molecule has 2 bridgehead atoms. The zero-order valence-electron chi connectivity index (χ0n) is 29.9. The maximum absolute atomic E-state index is 12.5. The van der Waals surface area contributed by atoms with E-state index in [1.54, 1.807) is 0 Å². The Morgan fingerprint density at radius 3 is 2.34 bits per heavy atom. The van der Waals surface area contributed by atoms with Gasteiger partial charge in [0.2, 0.25) is 5.91 Å². The van der Waals surface area contributed by atoms with Crippen molar-refractivity contribution in [1.29, 1.82) is 0 Å². The van der Waals surface area contributed by atoms with Crippen molar-refractivity contribution >= 4 is 11.9 Å². The number of carboxylic acids is 1. The Morgan fingerprint density at radius 2 is 1.60 bits per heavy atom. The Balaban J connectivity index is 1.14. The first kappa shape index (κ1) is 36.2. The number of aliphatic hydroxyl groups excluding tert-OH is 1. The van der Waals surface area contributed by atoms with Crippen molar-refractivity contribution in [3.63, 3.8) is 0 Å². The summed E-state index contributed by atoms with van der Waals surface area (Å²) in [7, 11) is 0. The smallest absolute Gasteiger partial charge is 0.303 e. The van der Waals surface area contributed by atoms with Gasteiger partial charge in [-0.25, -0.2) is 0 Å². The number of carbonyl (C=O) groups is 2. The monoisotopic (exact) mass is 682 g/mol. The fourth-order valence-electron chi connectivity index (χ4n) is 8.88. The van der Waals surface area contributed by atoms with Crippen molar-refractivity contribution < 1.29 is 29.3 Å². The summed E-state index contributed by atoms with van der Waals surface area (Å²) in [6.45, 7) is 9.74. The number of rotatable bonds is 14. The number of benzene rings is 3. The van der Waals surface area contributed by atoms with Gasteiger partial charge >= 0.3 is 5.97 Å². The van der Waals surface area contributed by atoms with Crippen LogP contribution in [-0.4, -0.2) is 52.2 Å². The fraction of sp³-hybridized carbons (Fsp3) is 0.524. The largest absolute Gasteiger partial charge is 0.481 e. The summed E-state index contributed by atoms with van der Waals surface area (Å²) < 4.78 is 13.5. The van der Waals surface area contributed by atoms with Crippen molar-refractivity contribution in [1.82, 2.24) is 10.2 Å². The van der Waals surface area contributed by atoms with Crippen LogP contribution in [0.25, 0.3) is 11.1 Å². The van der Waals surface area contributed by atoms with Gasteiger partial charge in [-0.05, 0) is 70.8 Å². The number of aliphatic hydroxyl groups is 1. The number of aliphatic carboxylic acids is 1. The highest BCUT2D eigenvalue weighted by molar-refractivity contribution is 5.76. The summed E-state index contributed by atoms with van der Waals surface area (Å²) in [6.07, 6.45) is 6.44. The van der Waals surface area contributed by atoms with Crippen LogP contribution >= 0.6 is 0 Å². The standard InChI is InChI=1S/C42H54N2O6/c1-41(2)22-34-23-42(3,27-41)28-44(34)25-35-21-37(31-15-13-29(26-45)14-16-31)50-40(49-35)32-19-17-30(18-20-32)36-10-8-7-9-33(36)24-43-38(46)11-5-4-6-12-39(47)48/h7-10,13-20,34-35,37,40,45H,4-6,11-12,21-28H2,1-3H3,(H,43,46)(H,47,48)/t34?,35-,37+,40+,42?/m1/s1. The predicted molar refractivity (Wildman–Crippen MR) is 194 cm³/mol. The van der Waals surface area contributed by atoms with Gasteiger partial charge < -0.3 is 25.0 Å². The van der Waals surface area contributed by atoms with Crippen LogP contribution in [0.3, 0.4) is 0 Å². The number of likely N-dealkylation sites (tertiary alicyclic amines) is 1. The molecule has 2 unspecified atom stereocenters. The third-order valence-electron chi connectivity index (χ3n) is 10.9. The van der Waals surface area contributed by atoms with Crippen molar-refractivity contribution in [2.75, 3.05) is 13.1 Å². The highest BCUT2D eigenvalue weighted by atomic mass is 16.7. The minimum Gasteiger partial charge on any atom is -0.481 e. The van der Waals surface area contributed by atoms with Gasteiger partial charge in [0.05, 0.1) is 18.8 Å². The number of hydrogen-bond donors (Lipinski definition) is 3. The van der Waals surface area contributed by atoms with Gasteiger partial charge in [-0.1, -0.05) is 100.0 Å². The summed E-state index contributed by atoms with van der Waals surface area (Å²) in [5.74, 6) is -0.822. The molecular weight excluding hydrogens is 628 g/mol. The van der Waals surface area contributed by atoms with Crippen LogP contribution in [0.4, 0.5) is 0 Å². The van der Waals surface area contributed by atoms with Crippen molar-refractivity contribution in [2.24, 2.45) is 10.8 Å². The number of carboxylic acid groups (broad SMARTS) is 1. The lowest BCUT2D eigenvalue weighted by Crippen LogP contribution is -2.42. The molecule has 1 saturated carbocycles. The molecule has 3 N–H and O–H groups in total. The van der Waals surface area contributed by atoms with Crippen molar-refractivity contribution in [3.05, 3.63) is 95.1 Å². The third kappa shape index (κ3) is 9.21. The van der Waals surface area contributed by atoms with Gasteiger partial charge in [0.1, 0.15) is 0 Å². The molecule has 2 heterocycles. The summed E-state index contributed by atoms with van der Waals surface area (Å²) in [6, 6.07) is 25.2. The number of amides is 1. The molecule has 3 aromatic rings. The number of nitrogens with zero attached hydrogens (tertiary/aromatic N) is 1. The van der Waals surface area contributed by atoms with E-state index in [0.29, 0.717) is 42.7 Å². The minimum absolute atomic E-state index is 0.0171. The first-order chi connectivity index (χ1) is 24.0. The van der Waals surface area contributed by atoms with Crippen LogP contribution in [-0.2, 0) is 32.2 Å². The Bertz CT molecular complexity index is 1610. The average Bonchev–Trinajstić information content (AvgIpc) is 3.33. The summed E-state index contributed by atoms with van der Waals surface area (Å²) in [5.41, 5.74) is 6.81. The molecule has 6 rings (SSSR count). The van der Waals surface area contributed by atoms with E-state index < -0.39 is 12.3 Å². The van der Waals surface area contributed by atoms with E-state index in [0.717, 1.165) is 59.3 Å². The molecule has 3 aliphatic rings. The molecule has 8 nitrogen and oxygen atoms in total. The zero-order valence-corrected chi connectivity index (χ0v) is 29.9. The van der Waals surface area contributed by atoms with E-state index in [-0.39, 0.29) is 31.1 Å². The number of carbonyl (C=O) groups excluding carboxylic acids is 1.